The highest BCUT2D eigenvalue weighted by Crippen LogP contribution is 2.37. The number of pyridine rings is 1. The number of hydrogen-bond acceptors (Lipinski definition) is 9. The molecule has 212 valence electrons. The van der Waals surface area contributed by atoms with Crippen LogP contribution in [-0.2, 0) is 22.3 Å². The van der Waals surface area contributed by atoms with Crippen molar-refractivity contribution in [2.75, 3.05) is 25.6 Å². The first-order valence-electron chi connectivity index (χ1n) is 11.5. The van der Waals surface area contributed by atoms with Crippen LogP contribution in [0.2, 0.25) is 5.02 Å². The van der Waals surface area contributed by atoms with Crippen molar-refractivity contribution >= 4 is 35.0 Å². The van der Waals surface area contributed by atoms with Gasteiger partial charge >= 0.3 is 18.3 Å². The van der Waals surface area contributed by atoms with E-state index in [1.165, 1.54) is 25.6 Å². The first kappa shape index (κ1) is 28.8. The van der Waals surface area contributed by atoms with E-state index in [0.29, 0.717) is 0 Å². The Balaban J connectivity index is 1.40. The Morgan fingerprint density at radius 2 is 1.90 bits per heavy atom. The van der Waals surface area contributed by atoms with Crippen LogP contribution in [0, 0.1) is 5.82 Å². The molecule has 0 bridgehead atoms. The van der Waals surface area contributed by atoms with Gasteiger partial charge in [0.1, 0.15) is 11.4 Å². The van der Waals surface area contributed by atoms with Gasteiger partial charge in [-0.3, -0.25) is 9.78 Å². The lowest BCUT2D eigenvalue weighted by molar-refractivity contribution is -0.137. The zero-order chi connectivity index (χ0) is 28.9. The predicted octanol–water partition coefficient (Wildman–Crippen LogP) is 4.00. The molecule has 11 nitrogen and oxygen atoms in total. The van der Waals surface area contributed by atoms with E-state index in [-0.39, 0.29) is 60.0 Å². The zero-order valence-electron chi connectivity index (χ0n) is 20.6. The van der Waals surface area contributed by atoms with Gasteiger partial charge < -0.3 is 30.2 Å². The third kappa shape index (κ3) is 6.84. The summed E-state index contributed by atoms with van der Waals surface area (Å²) < 4.78 is 70.0. The van der Waals surface area contributed by atoms with Gasteiger partial charge in [0.05, 0.1) is 61.5 Å². The summed E-state index contributed by atoms with van der Waals surface area (Å²) in [4.78, 5) is 37.0. The molecular formula is C24H21ClF4N6O5. The summed E-state index contributed by atoms with van der Waals surface area (Å²) >= 11 is 5.68. The Morgan fingerprint density at radius 1 is 1.15 bits per heavy atom. The zero-order valence-corrected chi connectivity index (χ0v) is 21.4. The fraction of sp³-hybridized carbons (Fsp3) is 0.292. The third-order valence-electron chi connectivity index (χ3n) is 5.69. The average Bonchev–Trinajstić information content (AvgIpc) is 3.38. The minimum absolute atomic E-state index is 0.00583. The van der Waals surface area contributed by atoms with Crippen LogP contribution < -0.4 is 25.4 Å². The molecule has 0 aliphatic carbocycles. The van der Waals surface area contributed by atoms with Crippen LogP contribution >= 0.6 is 11.6 Å². The van der Waals surface area contributed by atoms with Gasteiger partial charge in [-0.25, -0.2) is 9.18 Å². The van der Waals surface area contributed by atoms with E-state index in [1.807, 2.05) is 0 Å². The van der Waals surface area contributed by atoms with E-state index in [0.717, 1.165) is 24.4 Å². The Morgan fingerprint density at radius 3 is 2.52 bits per heavy atom. The fourth-order valence-electron chi connectivity index (χ4n) is 3.70. The third-order valence-corrected chi connectivity index (χ3v) is 5.93. The highest BCUT2D eigenvalue weighted by molar-refractivity contribution is 6.30. The molecule has 1 saturated heterocycles. The van der Waals surface area contributed by atoms with Crippen molar-refractivity contribution in [3.05, 3.63) is 65.0 Å². The summed E-state index contributed by atoms with van der Waals surface area (Å²) in [5.41, 5.74) is -3.15. The average molecular weight is 585 g/mol. The maximum absolute atomic E-state index is 14.7. The first-order chi connectivity index (χ1) is 19.0. The van der Waals surface area contributed by atoms with Crippen LogP contribution in [-0.4, -0.2) is 52.8 Å². The van der Waals surface area contributed by atoms with E-state index in [4.69, 9.17) is 25.8 Å². The van der Waals surface area contributed by atoms with Crippen molar-refractivity contribution in [3.8, 4) is 11.8 Å². The van der Waals surface area contributed by atoms with Crippen molar-refractivity contribution in [1.29, 1.82) is 0 Å². The largest absolute Gasteiger partial charge is 0.467 e. The van der Waals surface area contributed by atoms with Gasteiger partial charge in [0.2, 0.25) is 5.91 Å². The second-order valence-electron chi connectivity index (χ2n) is 8.45. The number of nitrogens with zero attached hydrogens (tertiary/aromatic N) is 3. The number of carbonyl (C=O) groups is 2. The minimum Gasteiger partial charge on any atom is -0.467 e. The van der Waals surface area contributed by atoms with Crippen molar-refractivity contribution < 1.29 is 41.4 Å². The number of halogens is 5. The molecule has 16 heteroatoms. The standard InChI is InChI=1S/C24H21ClF4N6O5/c1-38-21-32-9-15(10-33-21)40-22(37)35-23(4-5-39-12-23)20(36)31-11-19-17(26)7-14(8-30-19)34-18-3-2-13(25)6-16(18)24(27,28)29/h2-3,6-10,34H,4-5,11-12H2,1H3,(H,31,36)(H,35,37)/t23-/m0/s1. The van der Waals surface area contributed by atoms with Gasteiger partial charge in [-0.15, -0.1) is 0 Å². The highest BCUT2D eigenvalue weighted by atomic mass is 35.5. The number of carbonyl (C=O) groups excluding carboxylic acids is 2. The van der Waals surface area contributed by atoms with Crippen LogP contribution in [0.3, 0.4) is 0 Å². The van der Waals surface area contributed by atoms with E-state index < -0.39 is 35.1 Å². The molecule has 0 saturated carbocycles. The van der Waals surface area contributed by atoms with Crippen LogP contribution in [0.5, 0.6) is 11.8 Å². The van der Waals surface area contributed by atoms with Crippen LogP contribution in [0.15, 0.2) is 42.9 Å². The number of methoxy groups -OCH3 is 1. The number of ether oxygens (including phenoxy) is 3. The molecule has 40 heavy (non-hydrogen) atoms. The fourth-order valence-corrected chi connectivity index (χ4v) is 3.88. The number of hydrogen-bond donors (Lipinski definition) is 3. The van der Waals surface area contributed by atoms with Crippen LogP contribution in [0.1, 0.15) is 17.7 Å². The summed E-state index contributed by atoms with van der Waals surface area (Å²) in [5, 5.41) is 7.32. The molecule has 1 aliphatic heterocycles. The molecule has 4 rings (SSSR count). The maximum Gasteiger partial charge on any atom is 0.418 e. The lowest BCUT2D eigenvalue weighted by atomic mass is 9.97. The lowest BCUT2D eigenvalue weighted by Crippen LogP contribution is -2.60. The number of rotatable bonds is 8. The predicted molar refractivity (Wildman–Crippen MR) is 132 cm³/mol. The summed E-state index contributed by atoms with van der Waals surface area (Å²) in [6.07, 6.45) is -2.06. The molecule has 1 fully saturated rings. The Bertz CT molecular complexity index is 1390. The summed E-state index contributed by atoms with van der Waals surface area (Å²) in [6.45, 7) is -0.393. The molecule has 3 N–H and O–H groups in total. The second kappa shape index (κ2) is 11.9. The molecule has 2 amide bonds. The van der Waals surface area contributed by atoms with Crippen LogP contribution in [0.25, 0.3) is 0 Å². The molecular weight excluding hydrogens is 564 g/mol. The quantitative estimate of drug-likeness (QED) is 0.336. The molecule has 2 aromatic heterocycles. The number of anilines is 2. The number of nitrogens with one attached hydrogen (secondary N) is 3. The number of amides is 2. The number of aromatic nitrogens is 3. The molecule has 1 atom stereocenters. The SMILES string of the molecule is COc1ncc(OC(=O)N[C@@]2(C(=O)NCc3ncc(Nc4ccc(Cl)cc4C(F)(F)F)cc3F)CCOC2)cn1. The Hall–Kier alpha value is -4.24. The number of alkyl halides is 3. The molecule has 0 spiro atoms. The normalized spacial score (nSPS) is 16.8. The molecule has 3 aromatic rings. The second-order valence-corrected chi connectivity index (χ2v) is 8.89. The van der Waals surface area contributed by atoms with Gasteiger partial charge in [-0.2, -0.15) is 23.1 Å². The summed E-state index contributed by atoms with van der Waals surface area (Å²) in [7, 11) is 1.37. The molecule has 1 aliphatic rings. The lowest BCUT2D eigenvalue weighted by Gasteiger charge is -2.26. The van der Waals surface area contributed by atoms with E-state index in [1.54, 1.807) is 0 Å². The first-order valence-corrected chi connectivity index (χ1v) is 11.9. The Kier molecular flexibility index (Phi) is 8.54. The molecule has 0 radical (unpaired) electrons. The molecule has 1 aromatic carbocycles. The van der Waals surface area contributed by atoms with Gasteiger partial charge in [0.25, 0.3) is 0 Å². The molecule has 3 heterocycles. The minimum atomic E-state index is -4.70. The van der Waals surface area contributed by atoms with Gasteiger partial charge in [-0.1, -0.05) is 11.6 Å². The van der Waals surface area contributed by atoms with Crippen molar-refractivity contribution in [2.45, 2.75) is 24.7 Å². The van der Waals surface area contributed by atoms with E-state index >= 15 is 0 Å². The maximum atomic E-state index is 14.7. The topological polar surface area (TPSA) is 137 Å². The van der Waals surface area contributed by atoms with Crippen LogP contribution in [0.4, 0.5) is 33.7 Å². The van der Waals surface area contributed by atoms with Gasteiger partial charge in [-0.05, 0) is 18.2 Å². The summed E-state index contributed by atoms with van der Waals surface area (Å²) in [6, 6.07) is 4.11. The highest BCUT2D eigenvalue weighted by Gasteiger charge is 2.44. The Labute approximate surface area is 229 Å². The van der Waals surface area contributed by atoms with Crippen molar-refractivity contribution in [2.24, 2.45) is 0 Å². The monoisotopic (exact) mass is 584 g/mol. The van der Waals surface area contributed by atoms with E-state index in [2.05, 4.69) is 30.9 Å². The summed E-state index contributed by atoms with van der Waals surface area (Å²) in [5.74, 6) is -1.59. The van der Waals surface area contributed by atoms with Gasteiger partial charge in [0.15, 0.2) is 5.75 Å². The van der Waals surface area contributed by atoms with E-state index in [9.17, 15) is 27.2 Å². The molecule has 0 unspecified atom stereocenters. The van der Waals surface area contributed by atoms with Gasteiger partial charge in [0, 0.05) is 24.1 Å². The number of benzene rings is 1. The van der Waals surface area contributed by atoms with Crippen molar-refractivity contribution in [3.63, 3.8) is 0 Å². The van der Waals surface area contributed by atoms with Crippen molar-refractivity contribution in [1.82, 2.24) is 25.6 Å². The smallest absolute Gasteiger partial charge is 0.418 e.